The van der Waals surface area contributed by atoms with Crippen LogP contribution in [0.15, 0.2) is 54.6 Å². The number of halogens is 1. The van der Waals surface area contributed by atoms with Gasteiger partial charge in [0.15, 0.2) is 5.78 Å². The van der Waals surface area contributed by atoms with E-state index in [1.54, 1.807) is 82.3 Å². The van der Waals surface area contributed by atoms with Gasteiger partial charge in [0.25, 0.3) is 0 Å². The molecule has 2 aromatic carbocycles. The molecule has 0 aliphatic heterocycles. The van der Waals surface area contributed by atoms with Gasteiger partial charge in [0, 0.05) is 5.56 Å². The number of hydrogen-bond acceptors (Lipinski definition) is 5. The lowest BCUT2D eigenvalue weighted by Crippen LogP contribution is -2.54. The Morgan fingerprint density at radius 1 is 1.00 bits per heavy atom. The van der Waals surface area contributed by atoms with Crippen molar-refractivity contribution in [3.63, 3.8) is 0 Å². The van der Waals surface area contributed by atoms with Gasteiger partial charge in [-0.15, -0.1) is 0 Å². The first-order chi connectivity index (χ1) is 14.5. The molecule has 0 saturated carbocycles. The van der Waals surface area contributed by atoms with Crippen molar-refractivity contribution in [1.29, 1.82) is 0 Å². The third-order valence-corrected chi connectivity index (χ3v) is 4.95. The van der Waals surface area contributed by atoms with Crippen LogP contribution in [0.25, 0.3) is 0 Å². The third kappa shape index (κ3) is 6.07. The number of esters is 1. The Bertz CT molecular complexity index is 921. The number of hydrogen-bond donors (Lipinski definition) is 1. The van der Waals surface area contributed by atoms with E-state index in [2.05, 4.69) is 5.32 Å². The number of carbonyl (C=O) groups is 3. The molecule has 31 heavy (non-hydrogen) atoms. The van der Waals surface area contributed by atoms with Crippen LogP contribution in [0.1, 0.15) is 55.2 Å². The molecule has 6 nitrogen and oxygen atoms in total. The van der Waals surface area contributed by atoms with Crippen molar-refractivity contribution in [2.24, 2.45) is 0 Å². The maximum absolute atomic E-state index is 13.5. The Balaban J connectivity index is 2.61. The molecule has 0 aliphatic rings. The molecule has 166 valence electrons. The minimum Gasteiger partial charge on any atom is -0.464 e. The van der Waals surface area contributed by atoms with E-state index in [0.29, 0.717) is 5.56 Å². The summed E-state index contributed by atoms with van der Waals surface area (Å²) in [6, 6.07) is 13.9. The summed E-state index contributed by atoms with van der Waals surface area (Å²) in [5, 5.41) is 2.63. The van der Waals surface area contributed by atoms with Gasteiger partial charge in [0.2, 0.25) is 4.87 Å². The molecule has 0 aromatic heterocycles. The Hall–Kier alpha value is -2.86. The monoisotopic (exact) mass is 445 g/mol. The van der Waals surface area contributed by atoms with Gasteiger partial charge >= 0.3 is 12.1 Å². The Morgan fingerprint density at radius 3 is 2.10 bits per heavy atom. The molecule has 0 radical (unpaired) electrons. The van der Waals surface area contributed by atoms with Crippen LogP contribution < -0.4 is 5.32 Å². The number of Topliss-reactive ketones (excluding diaryl/α,β-unsaturated/α-hetero) is 1. The van der Waals surface area contributed by atoms with Gasteiger partial charge in [-0.05, 0) is 40.2 Å². The van der Waals surface area contributed by atoms with Gasteiger partial charge in [0.1, 0.15) is 5.60 Å². The van der Waals surface area contributed by atoms with Crippen LogP contribution in [0.2, 0.25) is 0 Å². The summed E-state index contributed by atoms with van der Waals surface area (Å²) in [7, 11) is 0. The lowest BCUT2D eigenvalue weighted by Gasteiger charge is -2.33. The van der Waals surface area contributed by atoms with Gasteiger partial charge in [0.05, 0.1) is 12.6 Å². The summed E-state index contributed by atoms with van der Waals surface area (Å²) >= 11 is 6.81. The second-order valence-corrected chi connectivity index (χ2v) is 8.71. The number of nitrogens with one attached hydrogen (secondary N) is 1. The van der Waals surface area contributed by atoms with Gasteiger partial charge in [-0.3, -0.25) is 4.79 Å². The first kappa shape index (κ1) is 24.4. The standard InChI is InChI=1S/C24H28ClNO5/c1-6-30-21(28)24(25,20(27)18-10-8-7-9-11-18)19(17-14-12-16(2)13-15-17)26-22(29)31-23(3,4)5/h7-15,19H,6H2,1-5H3,(H,26,29)/t19-,24+/m0/s1. The van der Waals surface area contributed by atoms with Gasteiger partial charge < -0.3 is 14.8 Å². The van der Waals surface area contributed by atoms with Crippen LogP contribution in [-0.4, -0.2) is 34.9 Å². The van der Waals surface area contributed by atoms with E-state index >= 15 is 0 Å². The quantitative estimate of drug-likeness (QED) is 0.281. The highest BCUT2D eigenvalue weighted by Crippen LogP contribution is 2.37. The largest absolute Gasteiger partial charge is 0.464 e. The van der Waals surface area contributed by atoms with E-state index in [4.69, 9.17) is 21.1 Å². The van der Waals surface area contributed by atoms with Crippen molar-refractivity contribution < 1.29 is 23.9 Å². The summed E-state index contributed by atoms with van der Waals surface area (Å²) in [4.78, 5) is 37.0. The number of benzene rings is 2. The Morgan fingerprint density at radius 2 is 1.58 bits per heavy atom. The smallest absolute Gasteiger partial charge is 0.408 e. The normalized spacial score (nSPS) is 14.1. The zero-order valence-electron chi connectivity index (χ0n) is 18.4. The molecule has 0 saturated heterocycles. The number of ether oxygens (including phenoxy) is 2. The molecule has 0 bridgehead atoms. The van der Waals surface area contributed by atoms with Crippen LogP contribution >= 0.6 is 11.6 Å². The van der Waals surface area contributed by atoms with Crippen molar-refractivity contribution in [1.82, 2.24) is 5.32 Å². The number of amides is 1. The lowest BCUT2D eigenvalue weighted by atomic mass is 9.85. The maximum Gasteiger partial charge on any atom is 0.408 e. The molecule has 0 fully saturated rings. The lowest BCUT2D eigenvalue weighted by molar-refractivity contribution is -0.145. The average molecular weight is 446 g/mol. The zero-order valence-corrected chi connectivity index (χ0v) is 19.2. The fourth-order valence-electron chi connectivity index (χ4n) is 2.97. The van der Waals surface area contributed by atoms with E-state index in [0.717, 1.165) is 5.56 Å². The number of alkyl halides is 1. The molecule has 7 heteroatoms. The third-order valence-electron chi connectivity index (χ3n) is 4.41. The number of aryl methyl sites for hydroxylation is 1. The highest BCUT2D eigenvalue weighted by molar-refractivity contribution is 6.48. The van der Waals surface area contributed by atoms with Crippen molar-refractivity contribution in [2.45, 2.75) is 51.1 Å². The Labute approximate surface area is 187 Å². The van der Waals surface area contributed by atoms with Crippen molar-refractivity contribution in [3.8, 4) is 0 Å². The van der Waals surface area contributed by atoms with Gasteiger partial charge in [-0.1, -0.05) is 71.8 Å². The Kier molecular flexibility index (Phi) is 7.85. The molecular weight excluding hydrogens is 418 g/mol. The van der Waals surface area contributed by atoms with E-state index in [1.165, 1.54) is 0 Å². The predicted molar refractivity (Wildman–Crippen MR) is 119 cm³/mol. The van der Waals surface area contributed by atoms with Gasteiger partial charge in [-0.2, -0.15) is 0 Å². The minimum absolute atomic E-state index is 0.0163. The maximum atomic E-state index is 13.5. The molecule has 2 aromatic rings. The predicted octanol–water partition coefficient (Wildman–Crippen LogP) is 4.98. The van der Waals surface area contributed by atoms with Crippen LogP contribution in [0, 0.1) is 6.92 Å². The highest BCUT2D eigenvalue weighted by atomic mass is 35.5. The topological polar surface area (TPSA) is 81.7 Å². The second kappa shape index (κ2) is 9.96. The summed E-state index contributed by atoms with van der Waals surface area (Å²) in [6.07, 6.45) is -0.812. The summed E-state index contributed by atoms with van der Waals surface area (Å²) in [6.45, 7) is 8.66. The van der Waals surface area contributed by atoms with Crippen LogP contribution in [0.3, 0.4) is 0 Å². The zero-order chi connectivity index (χ0) is 23.2. The van der Waals surface area contributed by atoms with Crippen molar-refractivity contribution in [3.05, 3.63) is 71.3 Å². The molecule has 0 aliphatic carbocycles. The molecule has 2 atom stereocenters. The average Bonchev–Trinajstić information content (AvgIpc) is 2.71. The molecule has 0 spiro atoms. The van der Waals surface area contributed by atoms with E-state index in [1.807, 2.05) is 6.92 Å². The SMILES string of the molecule is CCOC(=O)[C@](Cl)(C(=O)c1ccccc1)[C@@H](NC(=O)OC(C)(C)C)c1ccc(C)cc1. The highest BCUT2D eigenvalue weighted by Gasteiger charge is 2.54. The molecule has 2 rings (SSSR count). The van der Waals surface area contributed by atoms with Crippen LogP contribution in [0.4, 0.5) is 4.79 Å². The summed E-state index contributed by atoms with van der Waals surface area (Å²) in [5.41, 5.74) is 0.854. The molecule has 1 amide bonds. The van der Waals surface area contributed by atoms with Crippen molar-refractivity contribution >= 4 is 29.4 Å². The number of ketones is 1. The van der Waals surface area contributed by atoms with Crippen LogP contribution in [-0.2, 0) is 14.3 Å². The summed E-state index contributed by atoms with van der Waals surface area (Å²) < 4.78 is 10.5. The molecular formula is C24H28ClNO5. The van der Waals surface area contributed by atoms with Crippen molar-refractivity contribution in [2.75, 3.05) is 6.61 Å². The first-order valence-electron chi connectivity index (χ1n) is 10.0. The van der Waals surface area contributed by atoms with E-state index in [-0.39, 0.29) is 12.2 Å². The van der Waals surface area contributed by atoms with Crippen LogP contribution in [0.5, 0.6) is 0 Å². The van der Waals surface area contributed by atoms with E-state index < -0.39 is 34.4 Å². The molecule has 0 heterocycles. The second-order valence-electron chi connectivity index (χ2n) is 8.12. The number of alkyl carbamates (subject to hydrolysis) is 1. The molecule has 0 unspecified atom stereocenters. The first-order valence-corrected chi connectivity index (χ1v) is 10.4. The number of carbonyl (C=O) groups excluding carboxylic acids is 3. The van der Waals surface area contributed by atoms with E-state index in [9.17, 15) is 14.4 Å². The fraction of sp³-hybridized carbons (Fsp3) is 0.375. The van der Waals surface area contributed by atoms with Gasteiger partial charge in [-0.25, -0.2) is 9.59 Å². The number of rotatable bonds is 7. The summed E-state index contributed by atoms with van der Waals surface area (Å²) in [5.74, 6) is -1.64. The fourth-order valence-corrected chi connectivity index (χ4v) is 3.32. The minimum atomic E-state index is -2.25. The molecule has 1 N–H and O–H groups in total.